The number of thiophene rings is 1. The van der Waals surface area contributed by atoms with Gasteiger partial charge in [0.15, 0.2) is 5.82 Å². The first kappa shape index (κ1) is 15.7. The Hall–Kier alpha value is -0.210. The Kier molecular flexibility index (Phi) is 5.16. The first-order valence-corrected chi connectivity index (χ1v) is 10.0. The van der Waals surface area contributed by atoms with E-state index in [2.05, 4.69) is 62.2 Å². The van der Waals surface area contributed by atoms with Crippen molar-refractivity contribution >= 4 is 55.7 Å². The first-order valence-electron chi connectivity index (χ1n) is 7.25. The maximum atomic E-state index is 4.92. The molecule has 2 heterocycles. The average molecular weight is 478 g/mol. The molecule has 0 saturated heterocycles. The fraction of sp³-hybridized carbons (Fsp3) is 0.467. The smallest absolute Gasteiger partial charge is 0.173 e. The SMILES string of the molecule is CCNc1nc(-c2sccc2Br)nc(C2CCCC2)c1I. The zero-order valence-corrected chi connectivity index (χ0v) is 16.4. The number of aromatic nitrogens is 2. The molecule has 1 aliphatic carbocycles. The molecular formula is C15H17BrIN3S. The molecule has 0 radical (unpaired) electrons. The summed E-state index contributed by atoms with van der Waals surface area (Å²) >= 11 is 7.69. The second-order valence-electron chi connectivity index (χ2n) is 5.20. The highest BCUT2D eigenvalue weighted by atomic mass is 127. The number of nitrogens with zero attached hydrogens (tertiary/aromatic N) is 2. The molecule has 1 aliphatic rings. The van der Waals surface area contributed by atoms with Crippen LogP contribution in [-0.2, 0) is 0 Å². The van der Waals surface area contributed by atoms with Gasteiger partial charge in [-0.05, 0) is 69.7 Å². The van der Waals surface area contributed by atoms with Crippen LogP contribution in [-0.4, -0.2) is 16.5 Å². The normalized spacial score (nSPS) is 15.6. The van der Waals surface area contributed by atoms with Gasteiger partial charge in [0.2, 0.25) is 0 Å². The van der Waals surface area contributed by atoms with E-state index in [1.807, 2.05) is 0 Å². The van der Waals surface area contributed by atoms with E-state index in [0.717, 1.165) is 27.5 Å². The van der Waals surface area contributed by atoms with Gasteiger partial charge in [0.05, 0.1) is 14.1 Å². The van der Waals surface area contributed by atoms with Gasteiger partial charge in [-0.3, -0.25) is 0 Å². The second-order valence-corrected chi connectivity index (χ2v) is 8.05. The molecule has 0 bridgehead atoms. The van der Waals surface area contributed by atoms with E-state index in [1.165, 1.54) is 34.9 Å². The van der Waals surface area contributed by atoms with E-state index in [-0.39, 0.29) is 0 Å². The number of nitrogens with one attached hydrogen (secondary N) is 1. The summed E-state index contributed by atoms with van der Waals surface area (Å²) < 4.78 is 2.27. The Morgan fingerprint density at radius 3 is 2.76 bits per heavy atom. The predicted molar refractivity (Wildman–Crippen MR) is 101 cm³/mol. The highest BCUT2D eigenvalue weighted by Gasteiger charge is 2.24. The van der Waals surface area contributed by atoms with Crippen molar-refractivity contribution in [2.45, 2.75) is 38.5 Å². The van der Waals surface area contributed by atoms with Crippen LogP contribution in [0.15, 0.2) is 15.9 Å². The number of halogens is 2. The summed E-state index contributed by atoms with van der Waals surface area (Å²) in [7, 11) is 0. The molecule has 1 saturated carbocycles. The predicted octanol–water partition coefficient (Wildman–Crippen LogP) is 5.66. The number of hydrogen-bond donors (Lipinski definition) is 1. The summed E-state index contributed by atoms with van der Waals surface area (Å²) in [5.41, 5.74) is 1.23. The zero-order chi connectivity index (χ0) is 14.8. The molecular weight excluding hydrogens is 461 g/mol. The molecule has 0 aliphatic heterocycles. The van der Waals surface area contributed by atoms with Gasteiger partial charge in [0.25, 0.3) is 0 Å². The highest BCUT2D eigenvalue weighted by molar-refractivity contribution is 14.1. The third-order valence-corrected chi connectivity index (χ3v) is 6.68. The van der Waals surface area contributed by atoms with Crippen molar-refractivity contribution in [2.24, 2.45) is 0 Å². The van der Waals surface area contributed by atoms with Crippen molar-refractivity contribution < 1.29 is 0 Å². The van der Waals surface area contributed by atoms with Crippen LogP contribution >= 0.6 is 49.9 Å². The minimum Gasteiger partial charge on any atom is -0.369 e. The number of rotatable bonds is 4. The summed E-state index contributed by atoms with van der Waals surface area (Å²) in [5, 5.41) is 5.46. The minimum absolute atomic E-state index is 0.592. The van der Waals surface area contributed by atoms with Crippen molar-refractivity contribution in [1.82, 2.24) is 9.97 Å². The molecule has 0 aromatic carbocycles. The standard InChI is InChI=1S/C15H17BrIN3S/c1-2-18-14-11(17)12(9-5-3-4-6-9)19-15(20-14)13-10(16)7-8-21-13/h7-9H,2-6H2,1H3,(H,18,19,20). The van der Waals surface area contributed by atoms with Crippen LogP contribution < -0.4 is 5.32 Å². The summed E-state index contributed by atoms with van der Waals surface area (Å²) in [6, 6.07) is 2.06. The molecule has 0 atom stereocenters. The quantitative estimate of drug-likeness (QED) is 0.577. The van der Waals surface area contributed by atoms with E-state index >= 15 is 0 Å². The molecule has 2 aromatic rings. The molecule has 21 heavy (non-hydrogen) atoms. The summed E-state index contributed by atoms with van der Waals surface area (Å²) in [4.78, 5) is 10.8. The van der Waals surface area contributed by atoms with Crippen LogP contribution in [0.25, 0.3) is 10.7 Å². The van der Waals surface area contributed by atoms with Crippen molar-refractivity contribution in [3.63, 3.8) is 0 Å². The molecule has 112 valence electrons. The largest absolute Gasteiger partial charge is 0.369 e. The lowest BCUT2D eigenvalue weighted by atomic mass is 10.0. The Morgan fingerprint density at radius 1 is 1.38 bits per heavy atom. The van der Waals surface area contributed by atoms with Crippen LogP contribution in [0.1, 0.15) is 44.2 Å². The molecule has 0 amide bonds. The van der Waals surface area contributed by atoms with Crippen LogP contribution in [0.5, 0.6) is 0 Å². The third kappa shape index (κ3) is 3.27. The molecule has 3 rings (SSSR count). The molecule has 6 heteroatoms. The van der Waals surface area contributed by atoms with Crippen LogP contribution in [0.2, 0.25) is 0 Å². The minimum atomic E-state index is 0.592. The Morgan fingerprint density at radius 2 is 2.14 bits per heavy atom. The van der Waals surface area contributed by atoms with Gasteiger partial charge >= 0.3 is 0 Å². The van der Waals surface area contributed by atoms with Crippen LogP contribution in [0, 0.1) is 3.57 Å². The van der Waals surface area contributed by atoms with Gasteiger partial charge in [-0.15, -0.1) is 11.3 Å². The second kappa shape index (κ2) is 6.91. The van der Waals surface area contributed by atoms with E-state index in [0.29, 0.717) is 5.92 Å². The molecule has 1 fully saturated rings. The maximum Gasteiger partial charge on any atom is 0.173 e. The zero-order valence-electron chi connectivity index (χ0n) is 11.8. The third-order valence-electron chi connectivity index (χ3n) is 3.78. The average Bonchev–Trinajstić information content (AvgIpc) is 3.13. The van der Waals surface area contributed by atoms with E-state index in [1.54, 1.807) is 11.3 Å². The fourth-order valence-corrected chi connectivity index (χ4v) is 5.13. The van der Waals surface area contributed by atoms with Crippen molar-refractivity contribution in [3.05, 3.63) is 25.2 Å². The Labute approximate surface area is 151 Å². The topological polar surface area (TPSA) is 37.8 Å². The fourth-order valence-electron chi connectivity index (χ4n) is 2.77. The van der Waals surface area contributed by atoms with Gasteiger partial charge in [0, 0.05) is 16.9 Å². The van der Waals surface area contributed by atoms with E-state index in [4.69, 9.17) is 9.97 Å². The van der Waals surface area contributed by atoms with Crippen molar-refractivity contribution in [3.8, 4) is 10.7 Å². The molecule has 2 aromatic heterocycles. The Balaban J connectivity index is 2.10. The molecule has 0 spiro atoms. The van der Waals surface area contributed by atoms with Gasteiger partial charge < -0.3 is 5.32 Å². The summed E-state index contributed by atoms with van der Waals surface area (Å²) in [6.45, 7) is 2.98. The highest BCUT2D eigenvalue weighted by Crippen LogP contribution is 2.39. The number of anilines is 1. The van der Waals surface area contributed by atoms with Gasteiger partial charge in [-0.1, -0.05) is 12.8 Å². The van der Waals surface area contributed by atoms with Crippen molar-refractivity contribution in [2.75, 3.05) is 11.9 Å². The van der Waals surface area contributed by atoms with Crippen molar-refractivity contribution in [1.29, 1.82) is 0 Å². The molecule has 3 nitrogen and oxygen atoms in total. The van der Waals surface area contributed by atoms with E-state index in [9.17, 15) is 0 Å². The van der Waals surface area contributed by atoms with Crippen LogP contribution in [0.4, 0.5) is 5.82 Å². The van der Waals surface area contributed by atoms with E-state index < -0.39 is 0 Å². The molecule has 0 unspecified atom stereocenters. The lowest BCUT2D eigenvalue weighted by Gasteiger charge is -2.16. The summed E-state index contributed by atoms with van der Waals surface area (Å²) in [5.74, 6) is 2.41. The Bertz CT molecular complexity index is 638. The monoisotopic (exact) mass is 477 g/mol. The lowest BCUT2D eigenvalue weighted by Crippen LogP contribution is -2.10. The number of hydrogen-bond acceptors (Lipinski definition) is 4. The first-order chi connectivity index (χ1) is 10.2. The van der Waals surface area contributed by atoms with Gasteiger partial charge in [-0.25, -0.2) is 9.97 Å². The van der Waals surface area contributed by atoms with Gasteiger partial charge in [0.1, 0.15) is 5.82 Å². The van der Waals surface area contributed by atoms with Crippen LogP contribution in [0.3, 0.4) is 0 Å². The van der Waals surface area contributed by atoms with Gasteiger partial charge in [-0.2, -0.15) is 0 Å². The summed E-state index contributed by atoms with van der Waals surface area (Å²) in [6.07, 6.45) is 5.14. The maximum absolute atomic E-state index is 4.92. The lowest BCUT2D eigenvalue weighted by molar-refractivity contribution is 0.691. The molecule has 1 N–H and O–H groups in total.